The van der Waals surface area contributed by atoms with Crippen molar-refractivity contribution in [3.63, 3.8) is 0 Å². The molecule has 0 amide bonds. The van der Waals surface area contributed by atoms with E-state index in [0.717, 1.165) is 18.9 Å². The van der Waals surface area contributed by atoms with Crippen molar-refractivity contribution < 1.29 is 0 Å². The molecule has 1 saturated heterocycles. The molecule has 2 fully saturated rings. The van der Waals surface area contributed by atoms with Crippen molar-refractivity contribution in [1.29, 1.82) is 5.41 Å². The van der Waals surface area contributed by atoms with Gasteiger partial charge in [0.15, 0.2) is 0 Å². The van der Waals surface area contributed by atoms with Gasteiger partial charge in [-0.3, -0.25) is 5.41 Å². The van der Waals surface area contributed by atoms with Crippen LogP contribution in [-0.2, 0) is 0 Å². The van der Waals surface area contributed by atoms with Gasteiger partial charge in [-0.1, -0.05) is 13.8 Å². The highest BCUT2D eigenvalue weighted by Crippen LogP contribution is 2.30. The van der Waals surface area contributed by atoms with Crippen molar-refractivity contribution in [2.45, 2.75) is 33.1 Å². The monoisotopic (exact) mass is 252 g/mol. The highest BCUT2D eigenvalue weighted by atomic mass is 15.3. The molecule has 104 valence electrons. The molecular weight excluding hydrogens is 224 g/mol. The fourth-order valence-corrected chi connectivity index (χ4v) is 2.43. The number of amidine groups is 1. The summed E-state index contributed by atoms with van der Waals surface area (Å²) < 4.78 is 0. The first-order chi connectivity index (χ1) is 8.47. The normalized spacial score (nSPS) is 23.2. The van der Waals surface area contributed by atoms with E-state index in [1.807, 2.05) is 0 Å². The molecule has 0 unspecified atom stereocenters. The Morgan fingerprint density at radius 2 is 1.72 bits per heavy atom. The molecule has 1 aliphatic heterocycles. The summed E-state index contributed by atoms with van der Waals surface area (Å²) in [7, 11) is 0. The number of hydrogen-bond donors (Lipinski definition) is 2. The minimum atomic E-state index is -0.148. The summed E-state index contributed by atoms with van der Waals surface area (Å²) in [4.78, 5) is 5.14. The second-order valence-corrected chi connectivity index (χ2v) is 6.63. The van der Waals surface area contributed by atoms with Crippen LogP contribution in [0.15, 0.2) is 0 Å². The Hall–Kier alpha value is -0.610. The van der Waals surface area contributed by atoms with E-state index in [2.05, 4.69) is 23.6 Å². The van der Waals surface area contributed by atoms with Crippen LogP contribution in [0, 0.1) is 16.7 Å². The third kappa shape index (κ3) is 3.95. The van der Waals surface area contributed by atoms with Gasteiger partial charge < -0.3 is 15.5 Å². The van der Waals surface area contributed by atoms with Gasteiger partial charge in [0.2, 0.25) is 0 Å². The Balaban J connectivity index is 1.65. The number of rotatable bonds is 6. The lowest BCUT2D eigenvalue weighted by Gasteiger charge is -2.36. The summed E-state index contributed by atoms with van der Waals surface area (Å²) in [5, 5.41) is 7.58. The summed E-state index contributed by atoms with van der Waals surface area (Å²) in [6.45, 7) is 11.3. The average molecular weight is 252 g/mol. The SMILES string of the molecule is CC(C)(CCN1CCN(CC2CC2)CC1)C(=N)N. The van der Waals surface area contributed by atoms with Crippen molar-refractivity contribution in [2.24, 2.45) is 17.1 Å². The van der Waals surface area contributed by atoms with Crippen LogP contribution in [0.1, 0.15) is 33.1 Å². The number of nitrogens with two attached hydrogens (primary N) is 1. The molecule has 2 aliphatic rings. The third-order valence-corrected chi connectivity index (χ3v) is 4.46. The molecule has 0 atom stereocenters. The van der Waals surface area contributed by atoms with Crippen LogP contribution in [0.5, 0.6) is 0 Å². The first-order valence-electron chi connectivity index (χ1n) is 7.26. The number of nitrogens with one attached hydrogen (secondary N) is 1. The van der Waals surface area contributed by atoms with E-state index in [9.17, 15) is 0 Å². The number of piperazine rings is 1. The first-order valence-corrected chi connectivity index (χ1v) is 7.26. The Morgan fingerprint density at radius 3 is 2.22 bits per heavy atom. The fourth-order valence-electron chi connectivity index (χ4n) is 2.43. The average Bonchev–Trinajstić information content (AvgIpc) is 3.12. The van der Waals surface area contributed by atoms with Crippen LogP contribution in [0.3, 0.4) is 0 Å². The van der Waals surface area contributed by atoms with Crippen LogP contribution in [0.2, 0.25) is 0 Å². The minimum absolute atomic E-state index is 0.148. The Morgan fingerprint density at radius 1 is 1.17 bits per heavy atom. The second kappa shape index (κ2) is 5.57. The Kier molecular flexibility index (Phi) is 4.28. The van der Waals surface area contributed by atoms with Gasteiger partial charge in [-0.25, -0.2) is 0 Å². The molecule has 1 heterocycles. The molecule has 4 heteroatoms. The predicted molar refractivity (Wildman–Crippen MR) is 75.9 cm³/mol. The van der Waals surface area contributed by atoms with Gasteiger partial charge >= 0.3 is 0 Å². The maximum atomic E-state index is 7.58. The van der Waals surface area contributed by atoms with Crippen LogP contribution in [0.25, 0.3) is 0 Å². The molecule has 0 bridgehead atoms. The van der Waals surface area contributed by atoms with E-state index in [1.165, 1.54) is 45.6 Å². The van der Waals surface area contributed by atoms with Gasteiger partial charge in [0.25, 0.3) is 0 Å². The smallest absolute Gasteiger partial charge is 0.0963 e. The Labute approximate surface area is 111 Å². The summed E-state index contributed by atoms with van der Waals surface area (Å²) in [5.41, 5.74) is 5.48. The maximum absolute atomic E-state index is 7.58. The minimum Gasteiger partial charge on any atom is -0.387 e. The number of nitrogens with zero attached hydrogens (tertiary/aromatic N) is 2. The maximum Gasteiger partial charge on any atom is 0.0963 e. The zero-order chi connectivity index (χ0) is 13.2. The van der Waals surface area contributed by atoms with Crippen molar-refractivity contribution in [2.75, 3.05) is 39.3 Å². The molecule has 2 rings (SSSR count). The molecular formula is C14H28N4. The lowest BCUT2D eigenvalue weighted by atomic mass is 9.88. The van der Waals surface area contributed by atoms with Gasteiger partial charge in [0, 0.05) is 38.1 Å². The van der Waals surface area contributed by atoms with Crippen LogP contribution < -0.4 is 5.73 Å². The van der Waals surface area contributed by atoms with E-state index in [1.54, 1.807) is 0 Å². The van der Waals surface area contributed by atoms with Crippen LogP contribution >= 0.6 is 0 Å². The molecule has 4 nitrogen and oxygen atoms in total. The van der Waals surface area contributed by atoms with Crippen molar-refractivity contribution in [3.8, 4) is 0 Å². The van der Waals surface area contributed by atoms with Crippen LogP contribution in [0.4, 0.5) is 0 Å². The molecule has 1 saturated carbocycles. The second-order valence-electron chi connectivity index (χ2n) is 6.63. The predicted octanol–water partition coefficient (Wildman–Crippen LogP) is 1.37. The van der Waals surface area contributed by atoms with Gasteiger partial charge in [0.1, 0.15) is 0 Å². The zero-order valence-electron chi connectivity index (χ0n) is 11.9. The van der Waals surface area contributed by atoms with E-state index in [0.29, 0.717) is 5.84 Å². The summed E-state index contributed by atoms with van der Waals surface area (Å²) in [6, 6.07) is 0. The lowest BCUT2D eigenvalue weighted by molar-refractivity contribution is 0.121. The van der Waals surface area contributed by atoms with E-state index >= 15 is 0 Å². The summed E-state index contributed by atoms with van der Waals surface area (Å²) in [5.74, 6) is 1.32. The van der Waals surface area contributed by atoms with E-state index in [-0.39, 0.29) is 5.41 Å². The van der Waals surface area contributed by atoms with E-state index < -0.39 is 0 Å². The first kappa shape index (κ1) is 13.8. The summed E-state index contributed by atoms with van der Waals surface area (Å²) >= 11 is 0. The highest BCUT2D eigenvalue weighted by Gasteiger charge is 2.27. The standard InChI is InChI=1S/C14H28N4/c1-14(2,13(15)16)5-6-17-7-9-18(10-8-17)11-12-3-4-12/h12H,3-11H2,1-2H3,(H3,15,16). The molecule has 18 heavy (non-hydrogen) atoms. The fraction of sp³-hybridized carbons (Fsp3) is 0.929. The van der Waals surface area contributed by atoms with Gasteiger partial charge in [-0.05, 0) is 31.7 Å². The van der Waals surface area contributed by atoms with Gasteiger partial charge in [-0.2, -0.15) is 0 Å². The van der Waals surface area contributed by atoms with E-state index in [4.69, 9.17) is 11.1 Å². The largest absolute Gasteiger partial charge is 0.387 e. The van der Waals surface area contributed by atoms with Crippen molar-refractivity contribution >= 4 is 5.84 Å². The van der Waals surface area contributed by atoms with Crippen LogP contribution in [-0.4, -0.2) is 54.9 Å². The topological polar surface area (TPSA) is 56.4 Å². The lowest BCUT2D eigenvalue weighted by Crippen LogP contribution is -2.48. The third-order valence-electron chi connectivity index (χ3n) is 4.46. The quantitative estimate of drug-likeness (QED) is 0.554. The molecule has 0 aromatic rings. The molecule has 0 aromatic carbocycles. The van der Waals surface area contributed by atoms with Crippen molar-refractivity contribution in [3.05, 3.63) is 0 Å². The Bertz CT molecular complexity index is 288. The highest BCUT2D eigenvalue weighted by molar-refractivity contribution is 5.82. The molecule has 0 radical (unpaired) electrons. The van der Waals surface area contributed by atoms with Gasteiger partial charge in [0.05, 0.1) is 5.84 Å². The molecule has 3 N–H and O–H groups in total. The molecule has 1 aliphatic carbocycles. The number of hydrogen-bond acceptors (Lipinski definition) is 3. The zero-order valence-corrected chi connectivity index (χ0v) is 11.9. The molecule has 0 spiro atoms. The molecule has 0 aromatic heterocycles. The summed E-state index contributed by atoms with van der Waals surface area (Å²) in [6.07, 6.45) is 3.89. The van der Waals surface area contributed by atoms with Crippen molar-refractivity contribution in [1.82, 2.24) is 9.80 Å². The van der Waals surface area contributed by atoms with Gasteiger partial charge in [-0.15, -0.1) is 0 Å².